The molecule has 2 heterocycles. The molecule has 5 nitrogen and oxygen atoms in total. The van der Waals surface area contributed by atoms with E-state index in [1.165, 1.54) is 10.7 Å². The lowest BCUT2D eigenvalue weighted by atomic mass is 10.1. The highest BCUT2D eigenvalue weighted by Gasteiger charge is 2.14. The summed E-state index contributed by atoms with van der Waals surface area (Å²) in [6.45, 7) is 1.77. The number of H-pyrrole nitrogens is 1. The number of nitriles is 1. The molecule has 21 heavy (non-hydrogen) atoms. The SMILES string of the molecule is Cc1nc2c(C#N)c[nH]n2c(=O)c1Cc1ccccc1Cl. The molecule has 0 aliphatic carbocycles. The summed E-state index contributed by atoms with van der Waals surface area (Å²) in [6, 6.07) is 9.40. The van der Waals surface area contributed by atoms with Crippen LogP contribution in [0.3, 0.4) is 0 Å². The van der Waals surface area contributed by atoms with Crippen molar-refractivity contribution in [2.45, 2.75) is 13.3 Å². The quantitative estimate of drug-likeness (QED) is 0.789. The molecule has 3 rings (SSSR count). The van der Waals surface area contributed by atoms with E-state index in [1.807, 2.05) is 24.3 Å². The molecule has 0 spiro atoms. The lowest BCUT2D eigenvalue weighted by Gasteiger charge is -2.07. The van der Waals surface area contributed by atoms with Crippen molar-refractivity contribution in [3.8, 4) is 6.07 Å². The first-order chi connectivity index (χ1) is 10.1. The molecule has 1 N–H and O–H groups in total. The number of aryl methyl sites for hydroxylation is 1. The molecular formula is C15H11ClN4O. The van der Waals surface area contributed by atoms with Gasteiger partial charge in [-0.25, -0.2) is 9.50 Å². The average molecular weight is 299 g/mol. The van der Waals surface area contributed by atoms with Gasteiger partial charge in [-0.05, 0) is 18.6 Å². The van der Waals surface area contributed by atoms with E-state index in [1.54, 1.807) is 13.0 Å². The van der Waals surface area contributed by atoms with Crippen LogP contribution in [0, 0.1) is 18.3 Å². The molecule has 0 unspecified atom stereocenters. The summed E-state index contributed by atoms with van der Waals surface area (Å²) in [7, 11) is 0. The Bertz CT molecular complexity index is 933. The van der Waals surface area contributed by atoms with Gasteiger partial charge in [-0.3, -0.25) is 9.89 Å². The lowest BCUT2D eigenvalue weighted by Crippen LogP contribution is -2.22. The second kappa shape index (κ2) is 5.08. The number of hydrogen-bond donors (Lipinski definition) is 1. The molecule has 3 aromatic rings. The van der Waals surface area contributed by atoms with E-state index in [0.29, 0.717) is 33.9 Å². The predicted octanol–water partition coefficient (Wildman–Crippen LogP) is 2.45. The summed E-state index contributed by atoms with van der Waals surface area (Å²) >= 11 is 6.14. The summed E-state index contributed by atoms with van der Waals surface area (Å²) < 4.78 is 1.29. The number of halogens is 1. The van der Waals surface area contributed by atoms with Gasteiger partial charge in [0, 0.05) is 28.9 Å². The molecule has 0 saturated heterocycles. The predicted molar refractivity (Wildman–Crippen MR) is 79.5 cm³/mol. The Morgan fingerprint density at radius 2 is 2.19 bits per heavy atom. The van der Waals surface area contributed by atoms with Crippen molar-refractivity contribution in [1.82, 2.24) is 14.6 Å². The molecule has 0 atom stereocenters. The Hall–Kier alpha value is -2.58. The topological polar surface area (TPSA) is 73.9 Å². The number of nitrogens with zero attached hydrogens (tertiary/aromatic N) is 3. The maximum Gasteiger partial charge on any atom is 0.276 e. The minimum Gasteiger partial charge on any atom is -0.295 e. The first-order valence-electron chi connectivity index (χ1n) is 6.35. The van der Waals surface area contributed by atoms with E-state index in [2.05, 4.69) is 10.1 Å². The third-order valence-electron chi connectivity index (χ3n) is 3.41. The van der Waals surface area contributed by atoms with E-state index >= 15 is 0 Å². The number of benzene rings is 1. The average Bonchev–Trinajstić information content (AvgIpc) is 2.88. The van der Waals surface area contributed by atoms with Crippen molar-refractivity contribution >= 4 is 17.2 Å². The molecule has 104 valence electrons. The fourth-order valence-corrected chi connectivity index (χ4v) is 2.48. The zero-order valence-corrected chi connectivity index (χ0v) is 12.0. The maximum absolute atomic E-state index is 12.5. The Balaban J connectivity index is 2.18. The standard InChI is InChI=1S/C15H11ClN4O/c1-9-12(6-10-4-2-3-5-13(10)16)15(21)20-14(19-9)11(7-17)8-18-20/h2-5,8,18H,6H2,1H3. The van der Waals surface area contributed by atoms with Gasteiger partial charge in [0.15, 0.2) is 5.65 Å². The zero-order valence-electron chi connectivity index (χ0n) is 11.2. The van der Waals surface area contributed by atoms with Crippen LogP contribution in [0.4, 0.5) is 0 Å². The molecule has 2 aromatic heterocycles. The number of aromatic nitrogens is 3. The second-order valence-electron chi connectivity index (χ2n) is 4.71. The Kier molecular flexibility index (Phi) is 3.24. The normalized spacial score (nSPS) is 10.7. The minimum atomic E-state index is -0.209. The van der Waals surface area contributed by atoms with E-state index in [4.69, 9.17) is 16.9 Å². The number of nitrogens with one attached hydrogen (secondary N) is 1. The van der Waals surface area contributed by atoms with Gasteiger partial charge in [-0.2, -0.15) is 5.26 Å². The molecule has 0 aliphatic rings. The van der Waals surface area contributed by atoms with Crippen LogP contribution in [-0.4, -0.2) is 14.6 Å². The summed E-state index contributed by atoms with van der Waals surface area (Å²) in [4.78, 5) is 16.9. The fourth-order valence-electron chi connectivity index (χ4n) is 2.27. The number of aromatic amines is 1. The van der Waals surface area contributed by atoms with Crippen LogP contribution in [0.25, 0.3) is 5.65 Å². The monoisotopic (exact) mass is 298 g/mol. The Labute approximate surface area is 125 Å². The van der Waals surface area contributed by atoms with E-state index in [0.717, 1.165) is 5.56 Å². The van der Waals surface area contributed by atoms with Gasteiger partial charge in [0.1, 0.15) is 11.6 Å². The second-order valence-corrected chi connectivity index (χ2v) is 5.11. The number of hydrogen-bond acceptors (Lipinski definition) is 3. The third kappa shape index (κ3) is 2.20. The van der Waals surface area contributed by atoms with Gasteiger partial charge < -0.3 is 0 Å². The van der Waals surface area contributed by atoms with E-state index in [-0.39, 0.29) is 5.56 Å². The molecular weight excluding hydrogens is 288 g/mol. The van der Waals surface area contributed by atoms with Crippen molar-refractivity contribution in [3.05, 3.63) is 68.2 Å². The maximum atomic E-state index is 12.5. The lowest BCUT2D eigenvalue weighted by molar-refractivity contribution is 0.859. The first kappa shape index (κ1) is 13.4. The van der Waals surface area contributed by atoms with Gasteiger partial charge in [0.2, 0.25) is 0 Å². The van der Waals surface area contributed by atoms with Crippen LogP contribution in [0.2, 0.25) is 5.02 Å². The molecule has 0 fully saturated rings. The smallest absolute Gasteiger partial charge is 0.276 e. The van der Waals surface area contributed by atoms with Crippen LogP contribution in [-0.2, 0) is 6.42 Å². The molecule has 0 radical (unpaired) electrons. The Morgan fingerprint density at radius 1 is 1.43 bits per heavy atom. The molecule has 6 heteroatoms. The molecule has 0 amide bonds. The number of fused-ring (bicyclic) bond motifs is 1. The van der Waals surface area contributed by atoms with Crippen molar-refractivity contribution < 1.29 is 0 Å². The third-order valence-corrected chi connectivity index (χ3v) is 3.78. The van der Waals surface area contributed by atoms with Crippen molar-refractivity contribution in [1.29, 1.82) is 5.26 Å². The van der Waals surface area contributed by atoms with Gasteiger partial charge in [0.05, 0.1) is 0 Å². The van der Waals surface area contributed by atoms with Gasteiger partial charge in [0.25, 0.3) is 5.56 Å². The van der Waals surface area contributed by atoms with Crippen molar-refractivity contribution in [2.24, 2.45) is 0 Å². The van der Waals surface area contributed by atoms with Crippen molar-refractivity contribution in [3.63, 3.8) is 0 Å². The van der Waals surface area contributed by atoms with Gasteiger partial charge in [-0.1, -0.05) is 29.8 Å². The van der Waals surface area contributed by atoms with Crippen LogP contribution in [0.15, 0.2) is 35.3 Å². The highest BCUT2D eigenvalue weighted by atomic mass is 35.5. The molecule has 0 aliphatic heterocycles. The largest absolute Gasteiger partial charge is 0.295 e. The zero-order chi connectivity index (χ0) is 15.0. The van der Waals surface area contributed by atoms with Crippen LogP contribution in [0.5, 0.6) is 0 Å². The van der Waals surface area contributed by atoms with Gasteiger partial charge >= 0.3 is 0 Å². The summed E-state index contributed by atoms with van der Waals surface area (Å²) in [5.41, 5.74) is 2.53. The van der Waals surface area contributed by atoms with Gasteiger partial charge in [-0.15, -0.1) is 0 Å². The van der Waals surface area contributed by atoms with E-state index < -0.39 is 0 Å². The highest BCUT2D eigenvalue weighted by Crippen LogP contribution is 2.19. The first-order valence-corrected chi connectivity index (χ1v) is 6.72. The molecule has 0 bridgehead atoms. The van der Waals surface area contributed by atoms with Crippen LogP contribution in [0.1, 0.15) is 22.4 Å². The number of rotatable bonds is 2. The fraction of sp³-hybridized carbons (Fsp3) is 0.133. The van der Waals surface area contributed by atoms with Crippen molar-refractivity contribution in [2.75, 3.05) is 0 Å². The van der Waals surface area contributed by atoms with E-state index in [9.17, 15) is 4.79 Å². The minimum absolute atomic E-state index is 0.209. The summed E-state index contributed by atoms with van der Waals surface area (Å²) in [6.07, 6.45) is 1.88. The van der Waals surface area contributed by atoms with Crippen LogP contribution < -0.4 is 5.56 Å². The molecule has 1 aromatic carbocycles. The van der Waals surface area contributed by atoms with Crippen LogP contribution >= 0.6 is 11.6 Å². The highest BCUT2D eigenvalue weighted by molar-refractivity contribution is 6.31. The summed E-state index contributed by atoms with van der Waals surface area (Å²) in [5.74, 6) is 0. The summed E-state index contributed by atoms with van der Waals surface area (Å²) in [5, 5.41) is 12.4. The Morgan fingerprint density at radius 3 is 2.90 bits per heavy atom. The molecule has 0 saturated carbocycles.